The van der Waals surface area contributed by atoms with Gasteiger partial charge >= 0.3 is 5.97 Å². The van der Waals surface area contributed by atoms with Crippen LogP contribution in [0.2, 0.25) is 0 Å². The molecule has 8 heteroatoms. The first-order valence-corrected chi connectivity index (χ1v) is 9.61. The van der Waals surface area contributed by atoms with Crippen LogP contribution in [-0.4, -0.2) is 63.5 Å². The van der Waals surface area contributed by atoms with Crippen molar-refractivity contribution in [1.82, 2.24) is 4.98 Å². The van der Waals surface area contributed by atoms with E-state index in [1.165, 1.54) is 7.11 Å². The number of carbonyl (C=O) groups excluding carboxylic acids is 2. The number of carbonyl (C=O) groups is 2. The third-order valence-corrected chi connectivity index (χ3v) is 4.89. The van der Waals surface area contributed by atoms with Gasteiger partial charge in [-0.3, -0.25) is 4.79 Å². The van der Waals surface area contributed by atoms with E-state index in [0.29, 0.717) is 42.3 Å². The zero-order chi connectivity index (χ0) is 20.8. The fourth-order valence-corrected chi connectivity index (χ4v) is 3.42. The molecule has 1 aromatic heterocycles. The Morgan fingerprint density at radius 1 is 1.17 bits per heavy atom. The summed E-state index contributed by atoms with van der Waals surface area (Å²) in [7, 11) is 1.54. The normalized spacial score (nSPS) is 14.0. The molecular formula is C21H27N3O5. The molecule has 156 valence electrons. The largest absolute Gasteiger partial charge is 0.460 e. The second kappa shape index (κ2) is 9.58. The number of para-hydroxylation sites is 2. The standard InChI is InChI=1S/C21H27N3O5/c1-14-18(21(26)29-13-12-27-3)15(2)22-19(14)20(25)23-16-6-4-5-7-17(16)24-8-10-28-11-9-24/h4-7,22H,8-13H2,1-3H3,(H,23,25). The molecule has 0 aliphatic carbocycles. The molecule has 3 rings (SSSR count). The summed E-state index contributed by atoms with van der Waals surface area (Å²) in [6, 6.07) is 7.67. The van der Waals surface area contributed by atoms with E-state index in [1.54, 1.807) is 13.8 Å². The van der Waals surface area contributed by atoms with Crippen LogP contribution in [0.4, 0.5) is 11.4 Å². The highest BCUT2D eigenvalue weighted by Gasteiger charge is 2.24. The fourth-order valence-electron chi connectivity index (χ4n) is 3.42. The van der Waals surface area contributed by atoms with Gasteiger partial charge in [0.05, 0.1) is 36.8 Å². The molecule has 2 N–H and O–H groups in total. The van der Waals surface area contributed by atoms with Gasteiger partial charge in [0.15, 0.2) is 0 Å². The van der Waals surface area contributed by atoms with Gasteiger partial charge in [-0.25, -0.2) is 4.79 Å². The van der Waals surface area contributed by atoms with Crippen LogP contribution < -0.4 is 10.2 Å². The maximum Gasteiger partial charge on any atom is 0.340 e. The Labute approximate surface area is 170 Å². The molecule has 0 saturated carbocycles. The van der Waals surface area contributed by atoms with Crippen molar-refractivity contribution >= 4 is 23.3 Å². The quantitative estimate of drug-likeness (QED) is 0.547. The third-order valence-electron chi connectivity index (χ3n) is 4.89. The van der Waals surface area contributed by atoms with Gasteiger partial charge < -0.3 is 29.4 Å². The highest BCUT2D eigenvalue weighted by molar-refractivity contribution is 6.08. The summed E-state index contributed by atoms with van der Waals surface area (Å²) >= 11 is 0. The van der Waals surface area contributed by atoms with E-state index in [4.69, 9.17) is 14.2 Å². The van der Waals surface area contributed by atoms with Crippen molar-refractivity contribution in [3.8, 4) is 0 Å². The molecule has 1 aromatic carbocycles. The van der Waals surface area contributed by atoms with E-state index in [0.717, 1.165) is 24.5 Å². The summed E-state index contributed by atoms with van der Waals surface area (Å²) in [6.07, 6.45) is 0. The molecule has 0 bridgehead atoms. The molecule has 2 aromatic rings. The molecule has 0 radical (unpaired) electrons. The van der Waals surface area contributed by atoms with Gasteiger partial charge in [0, 0.05) is 25.9 Å². The molecule has 0 atom stereocenters. The van der Waals surface area contributed by atoms with Crippen molar-refractivity contribution in [2.45, 2.75) is 13.8 Å². The Balaban J connectivity index is 1.78. The van der Waals surface area contributed by atoms with Crippen molar-refractivity contribution < 1.29 is 23.8 Å². The number of methoxy groups -OCH3 is 1. The Morgan fingerprint density at radius 2 is 1.90 bits per heavy atom. The minimum absolute atomic E-state index is 0.161. The monoisotopic (exact) mass is 401 g/mol. The minimum Gasteiger partial charge on any atom is -0.460 e. The van der Waals surface area contributed by atoms with Crippen molar-refractivity contribution in [3.05, 3.63) is 46.8 Å². The van der Waals surface area contributed by atoms with E-state index in [9.17, 15) is 9.59 Å². The molecule has 1 saturated heterocycles. The molecule has 1 aliphatic heterocycles. The number of benzene rings is 1. The van der Waals surface area contributed by atoms with Crippen LogP contribution >= 0.6 is 0 Å². The predicted molar refractivity (Wildman–Crippen MR) is 110 cm³/mol. The van der Waals surface area contributed by atoms with Crippen LogP contribution in [0, 0.1) is 13.8 Å². The Hall–Kier alpha value is -2.84. The number of nitrogens with one attached hydrogen (secondary N) is 2. The number of aromatic amines is 1. The third kappa shape index (κ3) is 4.78. The zero-order valence-electron chi connectivity index (χ0n) is 17.0. The maximum atomic E-state index is 13.0. The summed E-state index contributed by atoms with van der Waals surface area (Å²) in [6.45, 7) is 6.82. The number of amides is 1. The highest BCUT2D eigenvalue weighted by Crippen LogP contribution is 2.28. The van der Waals surface area contributed by atoms with Gasteiger partial charge in [-0.15, -0.1) is 0 Å². The maximum absolute atomic E-state index is 13.0. The number of aromatic nitrogens is 1. The van der Waals surface area contributed by atoms with E-state index in [2.05, 4.69) is 15.2 Å². The summed E-state index contributed by atoms with van der Waals surface area (Å²) in [5, 5.41) is 2.97. The minimum atomic E-state index is -0.471. The van der Waals surface area contributed by atoms with Crippen molar-refractivity contribution in [2.24, 2.45) is 0 Å². The van der Waals surface area contributed by atoms with E-state index in [1.807, 2.05) is 24.3 Å². The molecule has 2 heterocycles. The molecule has 0 unspecified atom stereocenters. The lowest BCUT2D eigenvalue weighted by molar-refractivity contribution is 0.0387. The molecule has 1 amide bonds. The molecule has 8 nitrogen and oxygen atoms in total. The number of hydrogen-bond acceptors (Lipinski definition) is 6. The van der Waals surface area contributed by atoms with Crippen LogP contribution in [0.3, 0.4) is 0 Å². The number of morpholine rings is 1. The number of hydrogen-bond donors (Lipinski definition) is 2. The van der Waals surface area contributed by atoms with Crippen LogP contribution in [0.1, 0.15) is 32.1 Å². The van der Waals surface area contributed by atoms with Gasteiger partial charge in [0.1, 0.15) is 12.3 Å². The number of rotatable bonds is 7. The summed E-state index contributed by atoms with van der Waals surface area (Å²) in [4.78, 5) is 30.5. The highest BCUT2D eigenvalue weighted by atomic mass is 16.6. The van der Waals surface area contributed by atoms with Gasteiger partial charge in [-0.1, -0.05) is 12.1 Å². The topological polar surface area (TPSA) is 92.9 Å². The fraction of sp³-hybridized carbons (Fsp3) is 0.429. The molecular weight excluding hydrogens is 374 g/mol. The number of ether oxygens (including phenoxy) is 3. The van der Waals surface area contributed by atoms with Gasteiger partial charge in [-0.05, 0) is 31.5 Å². The van der Waals surface area contributed by atoms with Crippen LogP contribution in [0.25, 0.3) is 0 Å². The SMILES string of the molecule is COCCOC(=O)c1c(C)[nH]c(C(=O)Nc2ccccc2N2CCOCC2)c1C. The number of esters is 1. The number of aryl methyl sites for hydroxylation is 1. The second-order valence-electron chi connectivity index (χ2n) is 6.82. The van der Waals surface area contributed by atoms with E-state index >= 15 is 0 Å². The van der Waals surface area contributed by atoms with E-state index < -0.39 is 5.97 Å². The Kier molecular flexibility index (Phi) is 6.90. The average Bonchev–Trinajstić information content (AvgIpc) is 3.03. The van der Waals surface area contributed by atoms with Crippen LogP contribution in [0.15, 0.2) is 24.3 Å². The smallest absolute Gasteiger partial charge is 0.340 e. The molecule has 1 fully saturated rings. The Morgan fingerprint density at radius 3 is 2.62 bits per heavy atom. The number of H-pyrrole nitrogens is 1. The molecule has 29 heavy (non-hydrogen) atoms. The Bertz CT molecular complexity index is 871. The van der Waals surface area contributed by atoms with Crippen molar-refractivity contribution in [3.63, 3.8) is 0 Å². The number of anilines is 2. The van der Waals surface area contributed by atoms with Crippen molar-refractivity contribution in [2.75, 3.05) is 56.8 Å². The first-order valence-electron chi connectivity index (χ1n) is 9.61. The van der Waals surface area contributed by atoms with Crippen molar-refractivity contribution in [1.29, 1.82) is 0 Å². The van der Waals surface area contributed by atoms with Crippen LogP contribution in [0.5, 0.6) is 0 Å². The lowest BCUT2D eigenvalue weighted by Crippen LogP contribution is -2.36. The van der Waals surface area contributed by atoms with E-state index in [-0.39, 0.29) is 12.5 Å². The summed E-state index contributed by atoms with van der Waals surface area (Å²) < 4.78 is 15.5. The van der Waals surface area contributed by atoms with Gasteiger partial charge in [-0.2, -0.15) is 0 Å². The lowest BCUT2D eigenvalue weighted by Gasteiger charge is -2.30. The number of nitrogens with zero attached hydrogens (tertiary/aromatic N) is 1. The first-order chi connectivity index (χ1) is 14.0. The van der Waals surface area contributed by atoms with Gasteiger partial charge in [0.25, 0.3) is 5.91 Å². The summed E-state index contributed by atoms with van der Waals surface area (Å²) in [5.74, 6) is -0.775. The first kappa shape index (κ1) is 20.9. The molecule has 0 spiro atoms. The lowest BCUT2D eigenvalue weighted by atomic mass is 10.1. The van der Waals surface area contributed by atoms with Gasteiger partial charge in [0.2, 0.25) is 0 Å². The average molecular weight is 401 g/mol. The predicted octanol–water partition coefficient (Wildman–Crippen LogP) is 2.52. The second-order valence-corrected chi connectivity index (χ2v) is 6.82. The van der Waals surface area contributed by atoms with Crippen LogP contribution in [-0.2, 0) is 14.2 Å². The molecule has 1 aliphatic rings. The summed E-state index contributed by atoms with van der Waals surface area (Å²) in [5.41, 5.74) is 3.55. The zero-order valence-corrected chi connectivity index (χ0v) is 17.0.